The van der Waals surface area contributed by atoms with E-state index in [-0.39, 0.29) is 0 Å². The van der Waals surface area contributed by atoms with Crippen LogP contribution in [0.5, 0.6) is 5.88 Å². The van der Waals surface area contributed by atoms with Crippen LogP contribution in [0.3, 0.4) is 0 Å². The van der Waals surface area contributed by atoms with Gasteiger partial charge in [0.15, 0.2) is 0 Å². The summed E-state index contributed by atoms with van der Waals surface area (Å²) >= 11 is 0. The number of aryl methyl sites for hydroxylation is 1. The summed E-state index contributed by atoms with van der Waals surface area (Å²) < 4.78 is 5.78. The second-order valence-corrected chi connectivity index (χ2v) is 5.40. The van der Waals surface area contributed by atoms with E-state index in [1.807, 2.05) is 30.6 Å². The third-order valence-electron chi connectivity index (χ3n) is 3.32. The van der Waals surface area contributed by atoms with Crippen LogP contribution in [0, 0.1) is 0 Å². The highest BCUT2D eigenvalue weighted by Crippen LogP contribution is 2.19. The predicted molar refractivity (Wildman–Crippen MR) is 84.3 cm³/mol. The van der Waals surface area contributed by atoms with Crippen molar-refractivity contribution in [2.45, 2.75) is 39.2 Å². The van der Waals surface area contributed by atoms with Gasteiger partial charge in [0.25, 0.3) is 0 Å². The van der Waals surface area contributed by atoms with Crippen molar-refractivity contribution in [1.82, 2.24) is 9.97 Å². The SMILES string of the molecule is CC(C)c1cc(CN)cc(OCCCc2ccncc2)n1. The molecule has 0 saturated carbocycles. The Morgan fingerprint density at radius 2 is 1.90 bits per heavy atom. The molecule has 0 bridgehead atoms. The molecule has 0 aliphatic rings. The molecule has 0 aliphatic carbocycles. The number of pyridine rings is 2. The minimum absolute atomic E-state index is 0.371. The van der Waals surface area contributed by atoms with Gasteiger partial charge in [0, 0.05) is 30.7 Å². The molecule has 4 heteroatoms. The highest BCUT2D eigenvalue weighted by Gasteiger charge is 2.06. The average Bonchev–Trinajstić information content (AvgIpc) is 2.52. The molecule has 4 nitrogen and oxygen atoms in total. The van der Waals surface area contributed by atoms with E-state index < -0.39 is 0 Å². The molecule has 0 aliphatic heterocycles. The van der Waals surface area contributed by atoms with Gasteiger partial charge in [-0.15, -0.1) is 0 Å². The van der Waals surface area contributed by atoms with Crippen LogP contribution < -0.4 is 10.5 Å². The number of aromatic nitrogens is 2. The summed E-state index contributed by atoms with van der Waals surface area (Å²) in [4.78, 5) is 8.55. The zero-order valence-corrected chi connectivity index (χ0v) is 12.7. The maximum Gasteiger partial charge on any atom is 0.213 e. The van der Waals surface area contributed by atoms with Gasteiger partial charge < -0.3 is 10.5 Å². The van der Waals surface area contributed by atoms with Crippen LogP contribution >= 0.6 is 0 Å². The molecule has 0 unspecified atom stereocenters. The Balaban J connectivity index is 1.89. The molecule has 2 aromatic rings. The van der Waals surface area contributed by atoms with Crippen LogP contribution in [0.15, 0.2) is 36.7 Å². The second-order valence-electron chi connectivity index (χ2n) is 5.40. The van der Waals surface area contributed by atoms with Crippen LogP contribution in [0.25, 0.3) is 0 Å². The fraction of sp³-hybridized carbons (Fsp3) is 0.412. The van der Waals surface area contributed by atoms with Gasteiger partial charge in [0.1, 0.15) is 0 Å². The lowest BCUT2D eigenvalue weighted by Crippen LogP contribution is -2.06. The molecule has 112 valence electrons. The molecular formula is C17H23N3O. The molecule has 0 spiro atoms. The largest absolute Gasteiger partial charge is 0.478 e. The van der Waals surface area contributed by atoms with Gasteiger partial charge in [-0.2, -0.15) is 0 Å². The number of hydrogen-bond acceptors (Lipinski definition) is 4. The fourth-order valence-electron chi connectivity index (χ4n) is 2.07. The van der Waals surface area contributed by atoms with E-state index >= 15 is 0 Å². The summed E-state index contributed by atoms with van der Waals surface area (Å²) in [6, 6.07) is 8.04. The lowest BCUT2D eigenvalue weighted by Gasteiger charge is -2.11. The second kappa shape index (κ2) is 7.74. The molecule has 0 atom stereocenters. The van der Waals surface area contributed by atoms with Crippen LogP contribution in [0.2, 0.25) is 0 Å². The first kappa shape index (κ1) is 15.4. The number of nitrogens with two attached hydrogens (primary N) is 1. The highest BCUT2D eigenvalue weighted by atomic mass is 16.5. The van der Waals surface area contributed by atoms with Crippen molar-refractivity contribution in [3.63, 3.8) is 0 Å². The summed E-state index contributed by atoms with van der Waals surface area (Å²) in [5.41, 5.74) is 9.10. The Kier molecular flexibility index (Phi) is 5.69. The topological polar surface area (TPSA) is 61.0 Å². The minimum atomic E-state index is 0.371. The molecule has 2 N–H and O–H groups in total. The molecule has 2 heterocycles. The fourth-order valence-corrected chi connectivity index (χ4v) is 2.07. The Labute approximate surface area is 126 Å². The van der Waals surface area contributed by atoms with E-state index in [4.69, 9.17) is 10.5 Å². The highest BCUT2D eigenvalue weighted by molar-refractivity contribution is 5.26. The number of nitrogens with zero attached hydrogens (tertiary/aromatic N) is 2. The normalized spacial score (nSPS) is 10.9. The molecule has 0 fully saturated rings. The summed E-state index contributed by atoms with van der Waals surface area (Å²) in [7, 11) is 0. The van der Waals surface area contributed by atoms with E-state index in [9.17, 15) is 0 Å². The first-order valence-corrected chi connectivity index (χ1v) is 7.41. The lowest BCUT2D eigenvalue weighted by molar-refractivity contribution is 0.297. The third-order valence-corrected chi connectivity index (χ3v) is 3.32. The van der Waals surface area contributed by atoms with Crippen LogP contribution in [0.4, 0.5) is 0 Å². The van der Waals surface area contributed by atoms with Gasteiger partial charge in [-0.05, 0) is 48.1 Å². The molecule has 2 rings (SSSR count). The number of rotatable bonds is 7. The van der Waals surface area contributed by atoms with Gasteiger partial charge in [-0.1, -0.05) is 13.8 Å². The summed E-state index contributed by atoms with van der Waals surface area (Å²) in [6.07, 6.45) is 5.57. The quantitative estimate of drug-likeness (QED) is 0.794. The molecule has 0 radical (unpaired) electrons. The van der Waals surface area contributed by atoms with E-state index in [0.717, 1.165) is 24.1 Å². The Morgan fingerprint density at radius 3 is 2.57 bits per heavy atom. The lowest BCUT2D eigenvalue weighted by atomic mass is 10.1. The van der Waals surface area contributed by atoms with Crippen molar-refractivity contribution in [2.24, 2.45) is 5.73 Å². The maximum absolute atomic E-state index is 5.78. The van der Waals surface area contributed by atoms with E-state index in [1.165, 1.54) is 5.56 Å². The average molecular weight is 285 g/mol. The van der Waals surface area contributed by atoms with E-state index in [2.05, 4.69) is 29.9 Å². The Hall–Kier alpha value is -1.94. The van der Waals surface area contributed by atoms with Crippen molar-refractivity contribution < 1.29 is 4.74 Å². The predicted octanol–water partition coefficient (Wildman–Crippen LogP) is 3.07. The smallest absolute Gasteiger partial charge is 0.213 e. The Bertz CT molecular complexity index is 555. The number of ether oxygens (including phenoxy) is 1. The van der Waals surface area contributed by atoms with Crippen molar-refractivity contribution in [2.75, 3.05) is 6.61 Å². The van der Waals surface area contributed by atoms with Gasteiger partial charge in [-0.25, -0.2) is 4.98 Å². The maximum atomic E-state index is 5.78. The summed E-state index contributed by atoms with van der Waals surface area (Å²) in [6.45, 7) is 5.40. The number of hydrogen-bond donors (Lipinski definition) is 1. The monoisotopic (exact) mass is 285 g/mol. The van der Waals surface area contributed by atoms with Crippen LogP contribution in [-0.2, 0) is 13.0 Å². The zero-order chi connectivity index (χ0) is 15.1. The summed E-state index contributed by atoms with van der Waals surface area (Å²) in [5, 5.41) is 0. The van der Waals surface area contributed by atoms with Gasteiger partial charge in [-0.3, -0.25) is 4.98 Å². The molecule has 0 saturated heterocycles. The molecular weight excluding hydrogens is 262 g/mol. The molecule has 2 aromatic heterocycles. The van der Waals surface area contributed by atoms with Crippen molar-refractivity contribution in [3.05, 3.63) is 53.5 Å². The van der Waals surface area contributed by atoms with Crippen LogP contribution in [-0.4, -0.2) is 16.6 Å². The van der Waals surface area contributed by atoms with E-state index in [0.29, 0.717) is 24.9 Å². The molecule has 0 amide bonds. The third kappa shape index (κ3) is 4.83. The first-order chi connectivity index (χ1) is 10.2. The van der Waals surface area contributed by atoms with Gasteiger partial charge in [0.2, 0.25) is 5.88 Å². The van der Waals surface area contributed by atoms with Crippen LogP contribution in [0.1, 0.15) is 43.0 Å². The zero-order valence-electron chi connectivity index (χ0n) is 12.7. The molecule has 0 aromatic carbocycles. The summed E-state index contributed by atoms with van der Waals surface area (Å²) in [5.74, 6) is 1.05. The van der Waals surface area contributed by atoms with Crippen molar-refractivity contribution in [1.29, 1.82) is 0 Å². The Morgan fingerprint density at radius 1 is 1.14 bits per heavy atom. The van der Waals surface area contributed by atoms with Crippen molar-refractivity contribution >= 4 is 0 Å². The standard InChI is InChI=1S/C17H23N3O/c1-13(2)16-10-15(12-18)11-17(20-16)21-9-3-4-14-5-7-19-8-6-14/h5-8,10-11,13H,3-4,9,12,18H2,1-2H3. The van der Waals surface area contributed by atoms with E-state index in [1.54, 1.807) is 0 Å². The van der Waals surface area contributed by atoms with Crippen molar-refractivity contribution in [3.8, 4) is 5.88 Å². The van der Waals surface area contributed by atoms with Gasteiger partial charge >= 0.3 is 0 Å². The molecule has 21 heavy (non-hydrogen) atoms. The first-order valence-electron chi connectivity index (χ1n) is 7.41. The van der Waals surface area contributed by atoms with Gasteiger partial charge in [0.05, 0.1) is 6.61 Å². The minimum Gasteiger partial charge on any atom is -0.478 e.